The zero-order valence-electron chi connectivity index (χ0n) is 10.0. The monoisotopic (exact) mass is 261 g/mol. The van der Waals surface area contributed by atoms with Crippen LogP contribution >= 0.6 is 11.3 Å². The SMILES string of the molecule is O=C(/C=C/c1cnc2sccn12)NC1CCCC1. The van der Waals surface area contributed by atoms with Gasteiger partial charge in [-0.1, -0.05) is 12.8 Å². The molecule has 0 atom stereocenters. The largest absolute Gasteiger partial charge is 0.350 e. The molecule has 18 heavy (non-hydrogen) atoms. The first kappa shape index (κ1) is 11.5. The van der Waals surface area contributed by atoms with Crippen molar-refractivity contribution in [2.75, 3.05) is 0 Å². The zero-order chi connectivity index (χ0) is 12.4. The average molecular weight is 261 g/mol. The molecule has 4 nitrogen and oxygen atoms in total. The van der Waals surface area contributed by atoms with E-state index in [9.17, 15) is 4.79 Å². The molecule has 0 spiro atoms. The molecule has 0 aliphatic heterocycles. The van der Waals surface area contributed by atoms with Crippen LogP contribution in [-0.4, -0.2) is 21.3 Å². The van der Waals surface area contributed by atoms with E-state index in [-0.39, 0.29) is 5.91 Å². The van der Waals surface area contributed by atoms with E-state index in [4.69, 9.17) is 0 Å². The molecular weight excluding hydrogens is 246 g/mol. The van der Waals surface area contributed by atoms with Gasteiger partial charge in [-0.05, 0) is 18.9 Å². The van der Waals surface area contributed by atoms with Crippen LogP contribution in [0.15, 0.2) is 23.8 Å². The lowest BCUT2D eigenvalue weighted by atomic mass is 10.2. The van der Waals surface area contributed by atoms with Gasteiger partial charge in [-0.15, -0.1) is 11.3 Å². The first-order valence-corrected chi connectivity index (χ1v) is 7.10. The summed E-state index contributed by atoms with van der Waals surface area (Å²) in [5, 5.41) is 5.01. The predicted octanol–water partition coefficient (Wildman–Crippen LogP) is 2.47. The van der Waals surface area contributed by atoms with Gasteiger partial charge in [0.25, 0.3) is 0 Å². The fourth-order valence-electron chi connectivity index (χ4n) is 2.35. The van der Waals surface area contributed by atoms with Crippen molar-refractivity contribution in [2.24, 2.45) is 0 Å². The lowest BCUT2D eigenvalue weighted by molar-refractivity contribution is -0.117. The van der Waals surface area contributed by atoms with Gasteiger partial charge in [-0.25, -0.2) is 4.98 Å². The van der Waals surface area contributed by atoms with E-state index in [0.29, 0.717) is 6.04 Å². The van der Waals surface area contributed by atoms with E-state index in [0.717, 1.165) is 23.5 Å². The first-order chi connectivity index (χ1) is 8.83. The first-order valence-electron chi connectivity index (χ1n) is 6.22. The van der Waals surface area contributed by atoms with Crippen molar-refractivity contribution < 1.29 is 4.79 Å². The van der Waals surface area contributed by atoms with Gasteiger partial charge in [0.2, 0.25) is 5.91 Å². The molecule has 5 heteroatoms. The molecule has 94 valence electrons. The predicted molar refractivity (Wildman–Crippen MR) is 72.5 cm³/mol. The van der Waals surface area contributed by atoms with E-state index in [1.807, 2.05) is 22.1 Å². The Balaban J connectivity index is 1.66. The van der Waals surface area contributed by atoms with Crippen molar-refractivity contribution in [3.8, 4) is 0 Å². The van der Waals surface area contributed by atoms with Crippen LogP contribution in [0.3, 0.4) is 0 Å². The molecule has 0 saturated heterocycles. The van der Waals surface area contributed by atoms with E-state index in [1.54, 1.807) is 23.6 Å². The maximum atomic E-state index is 11.7. The number of hydrogen-bond acceptors (Lipinski definition) is 3. The lowest BCUT2D eigenvalue weighted by Crippen LogP contribution is -2.30. The molecule has 2 aromatic heterocycles. The van der Waals surface area contributed by atoms with Gasteiger partial charge in [0, 0.05) is 23.7 Å². The Hall–Kier alpha value is -1.62. The van der Waals surface area contributed by atoms with Crippen molar-refractivity contribution in [1.29, 1.82) is 0 Å². The Morgan fingerprint density at radius 1 is 1.50 bits per heavy atom. The minimum atomic E-state index is -0.00733. The molecule has 0 radical (unpaired) electrons. The Morgan fingerprint density at radius 3 is 3.17 bits per heavy atom. The van der Waals surface area contributed by atoms with Crippen molar-refractivity contribution >= 4 is 28.3 Å². The number of carbonyl (C=O) groups excluding carboxylic acids is 1. The van der Waals surface area contributed by atoms with Gasteiger partial charge >= 0.3 is 0 Å². The maximum absolute atomic E-state index is 11.7. The summed E-state index contributed by atoms with van der Waals surface area (Å²) in [5.74, 6) is -0.00733. The normalized spacial score (nSPS) is 16.9. The summed E-state index contributed by atoms with van der Waals surface area (Å²) in [6, 6.07) is 0.369. The summed E-state index contributed by atoms with van der Waals surface area (Å²) in [6.45, 7) is 0. The molecule has 0 unspecified atom stereocenters. The number of aromatic nitrogens is 2. The number of imidazole rings is 1. The van der Waals surface area contributed by atoms with Gasteiger partial charge in [0.1, 0.15) is 0 Å². The minimum absolute atomic E-state index is 0.00733. The highest BCUT2D eigenvalue weighted by Crippen LogP contribution is 2.17. The number of nitrogens with one attached hydrogen (secondary N) is 1. The van der Waals surface area contributed by atoms with Crippen LogP contribution in [0.1, 0.15) is 31.4 Å². The van der Waals surface area contributed by atoms with Crippen molar-refractivity contribution in [3.63, 3.8) is 0 Å². The van der Waals surface area contributed by atoms with Crippen LogP contribution in [-0.2, 0) is 4.79 Å². The summed E-state index contributed by atoms with van der Waals surface area (Å²) in [4.78, 5) is 17.0. The highest BCUT2D eigenvalue weighted by atomic mass is 32.1. The highest BCUT2D eigenvalue weighted by Gasteiger charge is 2.15. The topological polar surface area (TPSA) is 46.4 Å². The van der Waals surface area contributed by atoms with E-state index in [2.05, 4.69) is 10.3 Å². The Labute approximate surface area is 109 Å². The number of amides is 1. The second-order valence-electron chi connectivity index (χ2n) is 4.56. The van der Waals surface area contributed by atoms with E-state index in [1.165, 1.54) is 12.8 Å². The van der Waals surface area contributed by atoms with Crippen LogP contribution in [0, 0.1) is 0 Å². The fourth-order valence-corrected chi connectivity index (χ4v) is 3.05. The molecule has 1 amide bonds. The third-order valence-corrected chi connectivity index (χ3v) is 4.05. The van der Waals surface area contributed by atoms with Gasteiger partial charge in [0.15, 0.2) is 4.96 Å². The van der Waals surface area contributed by atoms with Crippen LogP contribution in [0.25, 0.3) is 11.0 Å². The van der Waals surface area contributed by atoms with Crippen LogP contribution in [0.2, 0.25) is 0 Å². The fraction of sp³-hybridized carbons (Fsp3) is 0.385. The number of nitrogens with zero attached hydrogens (tertiary/aromatic N) is 2. The lowest BCUT2D eigenvalue weighted by Gasteiger charge is -2.08. The van der Waals surface area contributed by atoms with E-state index >= 15 is 0 Å². The highest BCUT2D eigenvalue weighted by molar-refractivity contribution is 7.15. The molecule has 1 N–H and O–H groups in total. The molecule has 1 fully saturated rings. The molecule has 0 bridgehead atoms. The second kappa shape index (κ2) is 4.94. The summed E-state index contributed by atoms with van der Waals surface area (Å²) >= 11 is 1.59. The third kappa shape index (κ3) is 2.31. The Bertz CT molecular complexity index is 578. The molecule has 1 aliphatic rings. The Morgan fingerprint density at radius 2 is 2.33 bits per heavy atom. The molecule has 1 saturated carbocycles. The number of carbonyl (C=O) groups is 1. The number of rotatable bonds is 3. The summed E-state index contributed by atoms with van der Waals surface area (Å²) in [7, 11) is 0. The van der Waals surface area contributed by atoms with Gasteiger partial charge in [0.05, 0.1) is 11.9 Å². The standard InChI is InChI=1S/C13H15N3OS/c17-12(15-10-3-1-2-4-10)6-5-11-9-14-13-16(11)7-8-18-13/h5-10H,1-4H2,(H,15,17)/b6-5+. The molecule has 1 aliphatic carbocycles. The summed E-state index contributed by atoms with van der Waals surface area (Å²) < 4.78 is 1.98. The van der Waals surface area contributed by atoms with Crippen molar-refractivity contribution in [2.45, 2.75) is 31.7 Å². The second-order valence-corrected chi connectivity index (χ2v) is 5.43. The maximum Gasteiger partial charge on any atom is 0.244 e. The third-order valence-electron chi connectivity index (χ3n) is 3.28. The van der Waals surface area contributed by atoms with Crippen molar-refractivity contribution in [3.05, 3.63) is 29.5 Å². The van der Waals surface area contributed by atoms with Crippen molar-refractivity contribution in [1.82, 2.24) is 14.7 Å². The van der Waals surface area contributed by atoms with Crippen LogP contribution in [0.4, 0.5) is 0 Å². The zero-order valence-corrected chi connectivity index (χ0v) is 10.8. The van der Waals surface area contributed by atoms with Gasteiger partial charge in [-0.2, -0.15) is 0 Å². The molecule has 0 aromatic carbocycles. The smallest absolute Gasteiger partial charge is 0.244 e. The molecule has 2 heterocycles. The number of fused-ring (bicyclic) bond motifs is 1. The van der Waals surface area contributed by atoms with Gasteiger partial charge in [-0.3, -0.25) is 9.20 Å². The quantitative estimate of drug-likeness (QED) is 0.863. The Kier molecular flexibility index (Phi) is 3.15. The van der Waals surface area contributed by atoms with Gasteiger partial charge < -0.3 is 5.32 Å². The summed E-state index contributed by atoms with van der Waals surface area (Å²) in [5.41, 5.74) is 0.938. The molecular formula is C13H15N3OS. The van der Waals surface area contributed by atoms with E-state index < -0.39 is 0 Å². The number of thiazole rings is 1. The van der Waals surface area contributed by atoms with Crippen LogP contribution in [0.5, 0.6) is 0 Å². The van der Waals surface area contributed by atoms with Crippen LogP contribution < -0.4 is 5.32 Å². The summed E-state index contributed by atoms with van der Waals surface area (Å²) in [6.07, 6.45) is 11.8. The molecule has 2 aromatic rings. The molecule has 3 rings (SSSR count). The minimum Gasteiger partial charge on any atom is -0.350 e. The number of hydrogen-bond donors (Lipinski definition) is 1. The average Bonchev–Trinajstić information content (AvgIpc) is 3.03.